The van der Waals surface area contributed by atoms with Gasteiger partial charge in [-0.25, -0.2) is 0 Å². The number of halogens is 2. The molecule has 0 bridgehead atoms. The fraction of sp³-hybridized carbons (Fsp3) is 0.0833. The number of hydrogen-bond donors (Lipinski definition) is 1. The Labute approximate surface area is 116 Å². The summed E-state index contributed by atoms with van der Waals surface area (Å²) < 4.78 is 7.25. The van der Waals surface area contributed by atoms with Crippen LogP contribution in [-0.2, 0) is 6.54 Å². The molecule has 0 unspecified atom stereocenters. The van der Waals surface area contributed by atoms with Crippen molar-refractivity contribution in [1.29, 1.82) is 5.26 Å². The Hall–Kier alpha value is -1.25. The summed E-state index contributed by atoms with van der Waals surface area (Å²) >= 11 is 6.86. The lowest BCUT2D eigenvalue weighted by Crippen LogP contribution is -1.98. The molecule has 0 spiro atoms. The van der Waals surface area contributed by atoms with Crippen molar-refractivity contribution in [3.63, 3.8) is 0 Å². The summed E-state index contributed by atoms with van der Waals surface area (Å²) in [7, 11) is 0. The third-order valence-corrected chi connectivity index (χ3v) is 3.31. The second kappa shape index (κ2) is 5.39. The van der Waals surface area contributed by atoms with Crippen LogP contribution in [0.25, 0.3) is 0 Å². The number of rotatable bonds is 3. The quantitative estimate of drug-likeness (QED) is 0.893. The summed E-state index contributed by atoms with van der Waals surface area (Å²) in [4.78, 5) is 0. The van der Waals surface area contributed by atoms with E-state index in [1.54, 1.807) is 12.1 Å². The van der Waals surface area contributed by atoms with Gasteiger partial charge in [0.15, 0.2) is 0 Å². The molecule has 1 heterocycles. The fourth-order valence-corrected chi connectivity index (χ4v) is 2.54. The van der Waals surface area contributed by atoms with Crippen molar-refractivity contribution in [3.05, 3.63) is 50.8 Å². The van der Waals surface area contributed by atoms with E-state index in [-0.39, 0.29) is 0 Å². The van der Waals surface area contributed by atoms with Crippen molar-refractivity contribution in [2.75, 3.05) is 5.32 Å². The molecule has 2 rings (SSSR count). The monoisotopic (exact) mass is 354 g/mol. The number of benzene rings is 1. The predicted molar refractivity (Wildman–Crippen MR) is 72.6 cm³/mol. The number of nitriles is 1. The Kier molecular flexibility index (Phi) is 3.87. The van der Waals surface area contributed by atoms with Gasteiger partial charge in [-0.1, -0.05) is 15.9 Å². The van der Waals surface area contributed by atoms with Gasteiger partial charge >= 0.3 is 0 Å². The first kappa shape index (κ1) is 12.2. The molecule has 0 amide bonds. The Morgan fingerprint density at radius 1 is 1.24 bits per heavy atom. The van der Waals surface area contributed by atoms with Crippen LogP contribution in [0.15, 0.2) is 43.7 Å². The van der Waals surface area contributed by atoms with Crippen molar-refractivity contribution in [3.8, 4) is 6.07 Å². The maximum Gasteiger partial charge on any atom is 0.203 e. The molecule has 5 heteroatoms. The average molecular weight is 356 g/mol. The van der Waals surface area contributed by atoms with Crippen molar-refractivity contribution >= 4 is 37.5 Å². The van der Waals surface area contributed by atoms with E-state index in [9.17, 15) is 0 Å². The molecule has 17 heavy (non-hydrogen) atoms. The normalized spacial score (nSPS) is 9.94. The molecule has 0 fully saturated rings. The van der Waals surface area contributed by atoms with Crippen molar-refractivity contribution < 1.29 is 4.42 Å². The van der Waals surface area contributed by atoms with Crippen LogP contribution in [-0.4, -0.2) is 0 Å². The molecule has 0 saturated heterocycles. The second-order valence-electron chi connectivity index (χ2n) is 3.36. The second-order valence-corrected chi connectivity index (χ2v) is 5.13. The zero-order chi connectivity index (χ0) is 12.3. The fourth-order valence-electron chi connectivity index (χ4n) is 1.35. The molecule has 0 aliphatic heterocycles. The van der Waals surface area contributed by atoms with E-state index >= 15 is 0 Å². The maximum atomic E-state index is 8.63. The molecule has 86 valence electrons. The first-order valence-electron chi connectivity index (χ1n) is 4.87. The number of furan rings is 1. The van der Waals surface area contributed by atoms with Crippen molar-refractivity contribution in [1.82, 2.24) is 0 Å². The Bertz CT molecular complexity index is 572. The van der Waals surface area contributed by atoms with Gasteiger partial charge in [-0.15, -0.1) is 0 Å². The smallest absolute Gasteiger partial charge is 0.203 e. The number of nitrogens with zero attached hydrogens (tertiary/aromatic N) is 1. The minimum absolute atomic E-state index is 0.330. The summed E-state index contributed by atoms with van der Waals surface area (Å²) in [6.07, 6.45) is 0. The molecule has 3 nitrogen and oxygen atoms in total. The van der Waals surface area contributed by atoms with Crippen LogP contribution in [0.1, 0.15) is 11.5 Å². The molecule has 0 atom stereocenters. The van der Waals surface area contributed by atoms with Gasteiger partial charge in [0, 0.05) is 14.6 Å². The summed E-state index contributed by atoms with van der Waals surface area (Å²) in [6, 6.07) is 11.3. The van der Waals surface area contributed by atoms with E-state index in [4.69, 9.17) is 9.68 Å². The molecule has 0 aliphatic rings. The summed E-state index contributed by atoms with van der Waals surface area (Å²) in [5.74, 6) is 1.06. The van der Waals surface area contributed by atoms with E-state index in [2.05, 4.69) is 37.2 Å². The molecule has 0 radical (unpaired) electrons. The third kappa shape index (κ3) is 3.11. The summed E-state index contributed by atoms with van der Waals surface area (Å²) in [5.41, 5.74) is 0.975. The van der Waals surface area contributed by atoms with Gasteiger partial charge in [-0.2, -0.15) is 5.26 Å². The molecule has 1 N–H and O–H groups in total. The Morgan fingerprint density at radius 2 is 2.06 bits per heavy atom. The van der Waals surface area contributed by atoms with Crippen LogP contribution < -0.4 is 5.32 Å². The standard InChI is InChI=1S/C12H8Br2N2O/c13-8-1-4-12(11(14)5-8)16-7-10-3-2-9(6-15)17-10/h1-5,16H,7H2. The van der Waals surface area contributed by atoms with Gasteiger partial charge < -0.3 is 9.73 Å². The van der Waals surface area contributed by atoms with Gasteiger partial charge in [0.2, 0.25) is 5.76 Å². The van der Waals surface area contributed by atoms with Crippen LogP contribution in [0.4, 0.5) is 5.69 Å². The first-order valence-corrected chi connectivity index (χ1v) is 6.45. The molecule has 0 saturated carbocycles. The minimum Gasteiger partial charge on any atom is -0.449 e. The molecular formula is C12H8Br2N2O. The molecular weight excluding hydrogens is 348 g/mol. The molecule has 0 aliphatic carbocycles. The maximum absolute atomic E-state index is 8.63. The van der Waals surface area contributed by atoms with Crippen LogP contribution in [0.3, 0.4) is 0 Å². The lowest BCUT2D eigenvalue weighted by atomic mass is 10.3. The van der Waals surface area contributed by atoms with Crippen molar-refractivity contribution in [2.45, 2.75) is 6.54 Å². The topological polar surface area (TPSA) is 49.0 Å². The Balaban J connectivity index is 2.05. The van der Waals surface area contributed by atoms with Gasteiger partial charge in [0.1, 0.15) is 11.8 Å². The highest BCUT2D eigenvalue weighted by Gasteiger charge is 2.03. The van der Waals surface area contributed by atoms with Gasteiger partial charge in [-0.3, -0.25) is 0 Å². The number of anilines is 1. The van der Waals surface area contributed by atoms with E-state index in [0.29, 0.717) is 12.3 Å². The SMILES string of the molecule is N#Cc1ccc(CNc2ccc(Br)cc2Br)o1. The molecule has 2 aromatic rings. The highest BCUT2D eigenvalue weighted by molar-refractivity contribution is 9.11. The minimum atomic E-state index is 0.330. The van der Waals surface area contributed by atoms with Crippen LogP contribution >= 0.6 is 31.9 Å². The first-order chi connectivity index (χ1) is 8.19. The highest BCUT2D eigenvalue weighted by Crippen LogP contribution is 2.26. The summed E-state index contributed by atoms with van der Waals surface area (Å²) in [5, 5.41) is 11.9. The number of nitrogens with one attached hydrogen (secondary N) is 1. The lowest BCUT2D eigenvalue weighted by Gasteiger charge is -2.07. The van der Waals surface area contributed by atoms with Crippen LogP contribution in [0, 0.1) is 11.3 Å². The van der Waals surface area contributed by atoms with E-state index < -0.39 is 0 Å². The van der Waals surface area contributed by atoms with E-state index in [0.717, 1.165) is 20.4 Å². The average Bonchev–Trinajstić information content (AvgIpc) is 2.76. The van der Waals surface area contributed by atoms with E-state index in [1.807, 2.05) is 24.3 Å². The van der Waals surface area contributed by atoms with Crippen molar-refractivity contribution in [2.24, 2.45) is 0 Å². The third-order valence-electron chi connectivity index (χ3n) is 2.16. The van der Waals surface area contributed by atoms with Gasteiger partial charge in [-0.05, 0) is 46.3 Å². The zero-order valence-corrected chi connectivity index (χ0v) is 11.9. The summed E-state index contributed by atoms with van der Waals surface area (Å²) in [6.45, 7) is 0.544. The van der Waals surface area contributed by atoms with Gasteiger partial charge in [0.05, 0.1) is 6.54 Å². The lowest BCUT2D eigenvalue weighted by molar-refractivity contribution is 0.506. The van der Waals surface area contributed by atoms with Crippen LogP contribution in [0.2, 0.25) is 0 Å². The predicted octanol–water partition coefficient (Wildman–Crippen LogP) is 4.29. The zero-order valence-electron chi connectivity index (χ0n) is 8.71. The largest absolute Gasteiger partial charge is 0.449 e. The number of hydrogen-bond acceptors (Lipinski definition) is 3. The molecule has 1 aromatic heterocycles. The highest BCUT2D eigenvalue weighted by atomic mass is 79.9. The van der Waals surface area contributed by atoms with Gasteiger partial charge in [0.25, 0.3) is 0 Å². The molecule has 1 aromatic carbocycles. The van der Waals surface area contributed by atoms with E-state index in [1.165, 1.54) is 0 Å². The van der Waals surface area contributed by atoms with Crippen LogP contribution in [0.5, 0.6) is 0 Å². The Morgan fingerprint density at radius 3 is 2.71 bits per heavy atom.